The summed E-state index contributed by atoms with van der Waals surface area (Å²) in [6.07, 6.45) is -1.00. The van der Waals surface area contributed by atoms with Gasteiger partial charge in [-0.25, -0.2) is 9.59 Å². The van der Waals surface area contributed by atoms with E-state index < -0.39 is 18.0 Å². The molecule has 0 aliphatic carbocycles. The summed E-state index contributed by atoms with van der Waals surface area (Å²) in [5.41, 5.74) is 3.27. The number of rotatable bonds is 3. The Morgan fingerprint density at radius 3 is 2.56 bits per heavy atom. The van der Waals surface area contributed by atoms with Gasteiger partial charge < -0.3 is 18.9 Å². The fourth-order valence-corrected chi connectivity index (χ4v) is 3.16. The Bertz CT molecular complexity index is 836. The van der Waals surface area contributed by atoms with Crippen molar-refractivity contribution >= 4 is 28.6 Å². The number of esters is 2. The highest BCUT2D eigenvalue weighted by atomic mass is 35.5. The monoisotopic (exact) mass is 364 g/mol. The molecule has 0 bridgehead atoms. The minimum absolute atomic E-state index is 0.0148. The summed E-state index contributed by atoms with van der Waals surface area (Å²) in [5, 5.41) is 0.390. The van der Waals surface area contributed by atoms with E-state index in [-0.39, 0.29) is 17.9 Å². The van der Waals surface area contributed by atoms with Gasteiger partial charge in [0.05, 0.1) is 19.3 Å². The fraction of sp³-hybridized carbons (Fsp3) is 0.333. The summed E-state index contributed by atoms with van der Waals surface area (Å²) in [6, 6.07) is 3.81. The van der Waals surface area contributed by atoms with Crippen LogP contribution in [0, 0.1) is 13.8 Å². The molecule has 132 valence electrons. The normalized spacial score (nSPS) is 19.4. The number of hydrogen-bond donors (Lipinski definition) is 0. The van der Waals surface area contributed by atoms with Gasteiger partial charge in [-0.15, -0.1) is 0 Å². The molecule has 1 aromatic rings. The largest absolute Gasteiger partial charge is 0.489 e. The van der Waals surface area contributed by atoms with E-state index in [1.807, 2.05) is 26.0 Å². The van der Waals surface area contributed by atoms with E-state index >= 15 is 0 Å². The number of methoxy groups -OCH3 is 2. The molecule has 0 fully saturated rings. The molecule has 2 aliphatic rings. The lowest BCUT2D eigenvalue weighted by Crippen LogP contribution is -2.26. The standard InChI is InChI=1S/C18H17ClO6/c1-8-5-10-12(6-9(8)2)24-7-11(14(10)19)15-13(17(20)23-4)16(22-3)18(21)25-15/h5-6,15H,7H2,1-4H3. The van der Waals surface area contributed by atoms with Crippen LogP contribution in [-0.2, 0) is 23.8 Å². The van der Waals surface area contributed by atoms with Crippen molar-refractivity contribution in [2.75, 3.05) is 20.8 Å². The molecule has 1 unspecified atom stereocenters. The summed E-state index contributed by atoms with van der Waals surface area (Å²) >= 11 is 6.56. The van der Waals surface area contributed by atoms with Gasteiger partial charge in [0, 0.05) is 11.1 Å². The van der Waals surface area contributed by atoms with Crippen molar-refractivity contribution in [2.24, 2.45) is 0 Å². The van der Waals surface area contributed by atoms with Gasteiger partial charge in [-0.05, 0) is 37.1 Å². The zero-order valence-electron chi connectivity index (χ0n) is 14.3. The van der Waals surface area contributed by atoms with Crippen LogP contribution in [0.4, 0.5) is 0 Å². The first-order valence-electron chi connectivity index (χ1n) is 7.59. The number of halogens is 1. The molecule has 1 aromatic carbocycles. The van der Waals surface area contributed by atoms with Crippen LogP contribution in [0.1, 0.15) is 16.7 Å². The van der Waals surface area contributed by atoms with Crippen molar-refractivity contribution < 1.29 is 28.5 Å². The lowest BCUT2D eigenvalue weighted by Gasteiger charge is -2.25. The second kappa shape index (κ2) is 6.44. The minimum atomic E-state index is -1.00. The number of fused-ring (bicyclic) bond motifs is 1. The van der Waals surface area contributed by atoms with E-state index in [0.717, 1.165) is 11.1 Å². The third-order valence-electron chi connectivity index (χ3n) is 4.34. The van der Waals surface area contributed by atoms with Gasteiger partial charge in [0.15, 0.2) is 6.10 Å². The maximum absolute atomic E-state index is 12.1. The summed E-state index contributed by atoms with van der Waals surface area (Å²) < 4.78 is 20.9. The van der Waals surface area contributed by atoms with Crippen molar-refractivity contribution in [3.8, 4) is 5.75 Å². The molecule has 0 aromatic heterocycles. The molecule has 6 nitrogen and oxygen atoms in total. The topological polar surface area (TPSA) is 71.1 Å². The Labute approximate surface area is 150 Å². The van der Waals surface area contributed by atoms with Crippen molar-refractivity contribution in [3.05, 3.63) is 45.7 Å². The first-order valence-corrected chi connectivity index (χ1v) is 7.97. The highest BCUT2D eigenvalue weighted by Gasteiger charge is 2.44. The Kier molecular flexibility index (Phi) is 4.47. The average Bonchev–Trinajstić information content (AvgIpc) is 2.92. The van der Waals surface area contributed by atoms with Crippen LogP contribution < -0.4 is 4.74 Å². The van der Waals surface area contributed by atoms with Crippen LogP contribution in [0.5, 0.6) is 5.75 Å². The highest BCUT2D eigenvalue weighted by Crippen LogP contribution is 2.41. The smallest absolute Gasteiger partial charge is 0.375 e. The maximum Gasteiger partial charge on any atom is 0.375 e. The van der Waals surface area contributed by atoms with E-state index in [4.69, 9.17) is 30.5 Å². The van der Waals surface area contributed by atoms with Gasteiger partial charge in [-0.2, -0.15) is 0 Å². The molecule has 0 radical (unpaired) electrons. The Morgan fingerprint density at radius 2 is 1.92 bits per heavy atom. The van der Waals surface area contributed by atoms with Crippen molar-refractivity contribution in [3.63, 3.8) is 0 Å². The summed E-state index contributed by atoms with van der Waals surface area (Å²) in [5.74, 6) is -0.984. The molecular formula is C18H17ClO6. The lowest BCUT2D eigenvalue weighted by atomic mass is 9.96. The molecular weight excluding hydrogens is 348 g/mol. The molecule has 0 saturated heterocycles. The molecule has 3 rings (SSSR count). The maximum atomic E-state index is 12.1. The first kappa shape index (κ1) is 17.4. The van der Waals surface area contributed by atoms with Crippen LogP contribution in [0.2, 0.25) is 0 Å². The molecule has 0 amide bonds. The predicted octanol–water partition coefficient (Wildman–Crippen LogP) is 2.64. The third-order valence-corrected chi connectivity index (χ3v) is 4.79. The van der Waals surface area contributed by atoms with E-state index in [1.165, 1.54) is 14.2 Å². The number of hydrogen-bond acceptors (Lipinski definition) is 6. The van der Waals surface area contributed by atoms with Gasteiger partial charge in [-0.1, -0.05) is 11.6 Å². The van der Waals surface area contributed by atoms with Crippen molar-refractivity contribution in [2.45, 2.75) is 20.0 Å². The Morgan fingerprint density at radius 1 is 1.24 bits per heavy atom. The van der Waals surface area contributed by atoms with E-state index in [1.54, 1.807) is 0 Å². The molecule has 0 saturated carbocycles. The molecule has 0 N–H and O–H groups in total. The van der Waals surface area contributed by atoms with E-state index in [2.05, 4.69) is 0 Å². The zero-order chi connectivity index (χ0) is 18.3. The van der Waals surface area contributed by atoms with Crippen LogP contribution in [-0.4, -0.2) is 38.9 Å². The number of carbonyl (C=O) groups is 2. The van der Waals surface area contributed by atoms with Crippen LogP contribution >= 0.6 is 11.6 Å². The second-order valence-corrected chi connectivity index (χ2v) is 6.16. The lowest BCUT2D eigenvalue weighted by molar-refractivity contribution is -0.141. The molecule has 25 heavy (non-hydrogen) atoms. The van der Waals surface area contributed by atoms with Crippen LogP contribution in [0.15, 0.2) is 29.0 Å². The van der Waals surface area contributed by atoms with Gasteiger partial charge in [-0.3, -0.25) is 0 Å². The van der Waals surface area contributed by atoms with Crippen molar-refractivity contribution in [1.29, 1.82) is 0 Å². The van der Waals surface area contributed by atoms with Crippen molar-refractivity contribution in [1.82, 2.24) is 0 Å². The SMILES string of the molecule is COC(=O)C1=C(OC)C(=O)OC1C1=C(Cl)c2cc(C)c(C)cc2OC1. The molecule has 2 heterocycles. The molecule has 0 spiro atoms. The summed E-state index contributed by atoms with van der Waals surface area (Å²) in [7, 11) is 2.51. The summed E-state index contributed by atoms with van der Waals surface area (Å²) in [6.45, 7) is 4.03. The summed E-state index contributed by atoms with van der Waals surface area (Å²) in [4.78, 5) is 24.2. The number of aryl methyl sites for hydroxylation is 2. The molecule has 2 aliphatic heterocycles. The number of benzene rings is 1. The third kappa shape index (κ3) is 2.76. The highest BCUT2D eigenvalue weighted by molar-refractivity contribution is 6.50. The fourth-order valence-electron chi connectivity index (χ4n) is 2.86. The number of cyclic esters (lactones) is 1. The molecule has 7 heteroatoms. The Balaban J connectivity index is 2.12. The van der Waals surface area contributed by atoms with E-state index in [0.29, 0.717) is 21.9 Å². The number of ether oxygens (including phenoxy) is 4. The van der Waals surface area contributed by atoms with Crippen LogP contribution in [0.3, 0.4) is 0 Å². The second-order valence-electron chi connectivity index (χ2n) is 5.78. The van der Waals surface area contributed by atoms with Crippen LogP contribution in [0.25, 0.3) is 5.03 Å². The zero-order valence-corrected chi connectivity index (χ0v) is 15.0. The van der Waals surface area contributed by atoms with Gasteiger partial charge >= 0.3 is 11.9 Å². The average molecular weight is 365 g/mol. The van der Waals surface area contributed by atoms with Gasteiger partial charge in [0.1, 0.15) is 17.9 Å². The minimum Gasteiger partial charge on any atom is -0.489 e. The molecule has 1 atom stereocenters. The van der Waals surface area contributed by atoms with Gasteiger partial charge in [0.25, 0.3) is 0 Å². The quantitative estimate of drug-likeness (QED) is 0.768. The van der Waals surface area contributed by atoms with E-state index in [9.17, 15) is 9.59 Å². The first-order chi connectivity index (χ1) is 11.9. The number of carbonyl (C=O) groups excluding carboxylic acids is 2. The van der Waals surface area contributed by atoms with Gasteiger partial charge in [0.2, 0.25) is 5.76 Å². The predicted molar refractivity (Wildman–Crippen MR) is 90.1 cm³/mol. The Hall–Kier alpha value is -2.47.